The van der Waals surface area contributed by atoms with Crippen LogP contribution in [-0.2, 0) is 0 Å². The molecule has 1 N–H and O–H groups in total. The summed E-state index contributed by atoms with van der Waals surface area (Å²) in [5.74, 6) is 0.851. The molecule has 0 radical (unpaired) electrons. The smallest absolute Gasteiger partial charge is 0.0637 e. The van der Waals surface area contributed by atoms with Crippen LogP contribution >= 0.6 is 11.6 Å². The molecule has 2 nitrogen and oxygen atoms in total. The lowest BCUT2D eigenvalue weighted by Crippen LogP contribution is -2.37. The van der Waals surface area contributed by atoms with Gasteiger partial charge in [0.05, 0.1) is 10.7 Å². The van der Waals surface area contributed by atoms with Crippen molar-refractivity contribution in [1.82, 2.24) is 4.90 Å². The number of rotatable bonds is 4. The predicted molar refractivity (Wildman–Crippen MR) is 74.8 cm³/mol. The quantitative estimate of drug-likeness (QED) is 0.883. The van der Waals surface area contributed by atoms with Crippen molar-refractivity contribution in [1.29, 1.82) is 0 Å². The van der Waals surface area contributed by atoms with Gasteiger partial charge in [-0.25, -0.2) is 0 Å². The summed E-state index contributed by atoms with van der Waals surface area (Å²) in [5.41, 5.74) is 1.04. The summed E-state index contributed by atoms with van der Waals surface area (Å²) in [6.07, 6.45) is 2.72. The molecule has 0 aromatic heterocycles. The van der Waals surface area contributed by atoms with E-state index >= 15 is 0 Å². The Hall–Kier alpha value is -0.730. The summed E-state index contributed by atoms with van der Waals surface area (Å²) in [7, 11) is 0. The number of benzene rings is 1. The van der Waals surface area contributed by atoms with Crippen molar-refractivity contribution < 1.29 is 0 Å². The zero-order valence-corrected chi connectivity index (χ0v) is 11.2. The molecule has 0 amide bonds. The van der Waals surface area contributed by atoms with Crippen LogP contribution in [0.4, 0.5) is 5.69 Å². The largest absolute Gasteiger partial charge is 0.383 e. The van der Waals surface area contributed by atoms with Crippen molar-refractivity contribution in [2.24, 2.45) is 5.92 Å². The molecule has 94 valence electrons. The number of hydrogen-bond acceptors (Lipinski definition) is 2. The van der Waals surface area contributed by atoms with Gasteiger partial charge in [0, 0.05) is 19.6 Å². The minimum Gasteiger partial charge on any atom is -0.383 e. The first-order valence-corrected chi connectivity index (χ1v) is 6.84. The second-order valence-corrected chi connectivity index (χ2v) is 5.36. The highest BCUT2D eigenvalue weighted by atomic mass is 35.5. The molecule has 1 fully saturated rings. The third kappa shape index (κ3) is 3.90. The molecule has 1 aliphatic heterocycles. The molecule has 1 atom stereocenters. The lowest BCUT2D eigenvalue weighted by molar-refractivity contribution is 0.190. The lowest BCUT2D eigenvalue weighted by atomic mass is 10.0. The van der Waals surface area contributed by atoms with Gasteiger partial charge in [-0.05, 0) is 37.4 Å². The fraction of sp³-hybridized carbons (Fsp3) is 0.571. The first-order valence-electron chi connectivity index (χ1n) is 6.46. The van der Waals surface area contributed by atoms with Gasteiger partial charge in [-0.3, -0.25) is 0 Å². The first-order chi connectivity index (χ1) is 8.25. The molecular weight excluding hydrogens is 232 g/mol. The van der Waals surface area contributed by atoms with E-state index in [0.717, 1.165) is 29.7 Å². The second-order valence-electron chi connectivity index (χ2n) is 4.95. The van der Waals surface area contributed by atoms with E-state index in [1.165, 1.54) is 25.9 Å². The highest BCUT2D eigenvalue weighted by molar-refractivity contribution is 6.33. The molecule has 1 aromatic rings. The Morgan fingerprint density at radius 1 is 1.41 bits per heavy atom. The van der Waals surface area contributed by atoms with Gasteiger partial charge in [-0.15, -0.1) is 0 Å². The van der Waals surface area contributed by atoms with Crippen LogP contribution in [0.25, 0.3) is 0 Å². The minimum absolute atomic E-state index is 0.805. The van der Waals surface area contributed by atoms with Crippen molar-refractivity contribution in [3.05, 3.63) is 29.3 Å². The summed E-state index contributed by atoms with van der Waals surface area (Å²) in [6.45, 7) is 6.90. The van der Waals surface area contributed by atoms with E-state index in [9.17, 15) is 0 Å². The zero-order chi connectivity index (χ0) is 12.1. The maximum Gasteiger partial charge on any atom is 0.0637 e. The van der Waals surface area contributed by atoms with Gasteiger partial charge in [-0.1, -0.05) is 30.7 Å². The van der Waals surface area contributed by atoms with Crippen LogP contribution < -0.4 is 5.32 Å². The van der Waals surface area contributed by atoms with Crippen LogP contribution in [-0.4, -0.2) is 31.1 Å². The van der Waals surface area contributed by atoms with Gasteiger partial charge in [0.1, 0.15) is 0 Å². The van der Waals surface area contributed by atoms with Gasteiger partial charge in [0.2, 0.25) is 0 Å². The fourth-order valence-electron chi connectivity index (χ4n) is 2.44. The Balaban J connectivity index is 1.74. The average Bonchev–Trinajstić information content (AvgIpc) is 2.32. The number of nitrogens with zero attached hydrogens (tertiary/aromatic N) is 1. The van der Waals surface area contributed by atoms with Crippen molar-refractivity contribution in [2.75, 3.05) is 31.5 Å². The molecule has 1 saturated heterocycles. The number of halogens is 1. The van der Waals surface area contributed by atoms with E-state index in [-0.39, 0.29) is 0 Å². The summed E-state index contributed by atoms with van der Waals surface area (Å²) >= 11 is 6.09. The summed E-state index contributed by atoms with van der Waals surface area (Å²) in [5, 5.41) is 4.21. The molecule has 0 saturated carbocycles. The second kappa shape index (κ2) is 6.27. The highest BCUT2D eigenvalue weighted by Gasteiger charge is 2.15. The Labute approximate surface area is 109 Å². The van der Waals surface area contributed by atoms with Gasteiger partial charge in [0.15, 0.2) is 0 Å². The van der Waals surface area contributed by atoms with Crippen LogP contribution in [0.3, 0.4) is 0 Å². The molecule has 17 heavy (non-hydrogen) atoms. The molecule has 1 aliphatic rings. The lowest BCUT2D eigenvalue weighted by Gasteiger charge is -2.30. The highest BCUT2D eigenvalue weighted by Crippen LogP contribution is 2.20. The minimum atomic E-state index is 0.805. The number of nitrogens with one attached hydrogen (secondary N) is 1. The molecule has 1 aromatic carbocycles. The average molecular weight is 253 g/mol. The van der Waals surface area contributed by atoms with E-state index in [1.807, 2.05) is 24.3 Å². The topological polar surface area (TPSA) is 15.3 Å². The summed E-state index contributed by atoms with van der Waals surface area (Å²) in [6, 6.07) is 7.92. The van der Waals surface area contributed by atoms with Crippen molar-refractivity contribution in [3.63, 3.8) is 0 Å². The number of piperidine rings is 1. The molecule has 3 heteroatoms. The summed E-state index contributed by atoms with van der Waals surface area (Å²) < 4.78 is 0. The van der Waals surface area contributed by atoms with E-state index in [2.05, 4.69) is 17.1 Å². The molecule has 0 bridgehead atoms. The third-order valence-electron chi connectivity index (χ3n) is 3.36. The zero-order valence-electron chi connectivity index (χ0n) is 10.5. The van der Waals surface area contributed by atoms with Crippen molar-refractivity contribution in [3.8, 4) is 0 Å². The van der Waals surface area contributed by atoms with Crippen LogP contribution in [0.1, 0.15) is 19.8 Å². The van der Waals surface area contributed by atoms with E-state index < -0.39 is 0 Å². The Kier molecular flexibility index (Phi) is 4.69. The third-order valence-corrected chi connectivity index (χ3v) is 3.69. The number of para-hydroxylation sites is 1. The molecule has 0 spiro atoms. The molecule has 1 unspecified atom stereocenters. The van der Waals surface area contributed by atoms with Gasteiger partial charge in [0.25, 0.3) is 0 Å². The first kappa shape index (κ1) is 12.7. The fourth-order valence-corrected chi connectivity index (χ4v) is 2.65. The van der Waals surface area contributed by atoms with Crippen molar-refractivity contribution >= 4 is 17.3 Å². The van der Waals surface area contributed by atoms with Crippen LogP contribution in [0.15, 0.2) is 24.3 Å². The van der Waals surface area contributed by atoms with Crippen LogP contribution in [0.2, 0.25) is 5.02 Å². The summed E-state index contributed by atoms with van der Waals surface area (Å²) in [4.78, 5) is 2.54. The van der Waals surface area contributed by atoms with E-state index in [4.69, 9.17) is 11.6 Å². The van der Waals surface area contributed by atoms with Crippen LogP contribution in [0.5, 0.6) is 0 Å². The SMILES string of the molecule is CC1CCCN(CCNc2ccccc2Cl)C1. The normalized spacial score (nSPS) is 21.4. The predicted octanol–water partition coefficient (Wildman–Crippen LogP) is 3.48. The molecule has 1 heterocycles. The van der Waals surface area contributed by atoms with Crippen LogP contribution in [0, 0.1) is 5.92 Å². The standard InChI is InChI=1S/C14H21ClN2/c1-12-5-4-9-17(11-12)10-8-16-14-7-3-2-6-13(14)15/h2-3,6-7,12,16H,4-5,8-11H2,1H3. The number of hydrogen-bond donors (Lipinski definition) is 1. The monoisotopic (exact) mass is 252 g/mol. The Morgan fingerprint density at radius 3 is 3.00 bits per heavy atom. The molecular formula is C14H21ClN2. The molecule has 0 aliphatic carbocycles. The van der Waals surface area contributed by atoms with Gasteiger partial charge >= 0.3 is 0 Å². The Bertz CT molecular complexity index is 354. The van der Waals surface area contributed by atoms with E-state index in [0.29, 0.717) is 0 Å². The number of likely N-dealkylation sites (tertiary alicyclic amines) is 1. The molecule has 2 rings (SSSR count). The van der Waals surface area contributed by atoms with Gasteiger partial charge in [-0.2, -0.15) is 0 Å². The van der Waals surface area contributed by atoms with Crippen molar-refractivity contribution in [2.45, 2.75) is 19.8 Å². The van der Waals surface area contributed by atoms with Gasteiger partial charge < -0.3 is 10.2 Å². The Morgan fingerprint density at radius 2 is 2.24 bits per heavy atom. The maximum atomic E-state index is 6.09. The van der Waals surface area contributed by atoms with E-state index in [1.54, 1.807) is 0 Å². The maximum absolute atomic E-state index is 6.09. The number of anilines is 1.